The van der Waals surface area contributed by atoms with Gasteiger partial charge in [-0.2, -0.15) is 0 Å². The number of fused-ring (bicyclic) bond motifs is 1. The van der Waals surface area contributed by atoms with Crippen LogP contribution in [0, 0.1) is 5.82 Å². The Labute approximate surface area is 255 Å². The third kappa shape index (κ3) is 6.52. The summed E-state index contributed by atoms with van der Waals surface area (Å²) in [5.41, 5.74) is 2.29. The van der Waals surface area contributed by atoms with E-state index in [4.69, 9.17) is 4.74 Å². The molecule has 44 heavy (non-hydrogen) atoms. The standard InChI is InChI=1S/C33H33FN4O5S/c34-27-9-5-10-29(21-27)43-33(40)38-18-16-37(17-19-38)32(39)24-12-14-28(15-13-24)36-44(41,42)30-11-4-8-25-20-26(22-35-31(25)30)23-6-2-1-3-7-23/h4-5,8-15,20-23,36H,1-3,6-7,16-19H2. The van der Waals surface area contributed by atoms with Crippen LogP contribution in [0.15, 0.2) is 83.9 Å². The van der Waals surface area contributed by atoms with E-state index in [1.807, 2.05) is 12.3 Å². The Kier molecular flexibility index (Phi) is 8.47. The molecule has 1 saturated heterocycles. The maximum atomic E-state index is 13.4. The minimum absolute atomic E-state index is 0.0964. The summed E-state index contributed by atoms with van der Waals surface area (Å²) in [6, 6.07) is 18.8. The number of sulfonamides is 1. The van der Waals surface area contributed by atoms with E-state index in [9.17, 15) is 22.4 Å². The molecule has 2 fully saturated rings. The van der Waals surface area contributed by atoms with Crippen LogP contribution in [0.3, 0.4) is 0 Å². The van der Waals surface area contributed by atoms with E-state index in [0.717, 1.165) is 29.9 Å². The van der Waals surface area contributed by atoms with E-state index in [1.165, 1.54) is 42.4 Å². The molecule has 3 aromatic carbocycles. The number of pyridine rings is 1. The highest BCUT2D eigenvalue weighted by Gasteiger charge is 2.27. The number of ether oxygens (including phenoxy) is 1. The topological polar surface area (TPSA) is 109 Å². The lowest BCUT2D eigenvalue weighted by atomic mass is 9.84. The molecule has 6 rings (SSSR count). The smallest absolute Gasteiger partial charge is 0.410 e. The van der Waals surface area contributed by atoms with E-state index in [0.29, 0.717) is 35.8 Å². The molecule has 2 aliphatic rings. The van der Waals surface area contributed by atoms with Gasteiger partial charge in [0.2, 0.25) is 0 Å². The second-order valence-corrected chi connectivity index (χ2v) is 12.9. The summed E-state index contributed by atoms with van der Waals surface area (Å²) >= 11 is 0. The molecule has 9 nitrogen and oxygen atoms in total. The first-order valence-electron chi connectivity index (χ1n) is 14.8. The summed E-state index contributed by atoms with van der Waals surface area (Å²) < 4.78 is 48.0. The SMILES string of the molecule is O=C(Oc1cccc(F)c1)N1CCN(C(=O)c2ccc(NS(=O)(=O)c3cccc4cc(C5CCCCC5)cnc34)cc2)CC1. The molecule has 1 aliphatic heterocycles. The van der Waals surface area contributed by atoms with Crippen LogP contribution in [0.4, 0.5) is 14.9 Å². The van der Waals surface area contributed by atoms with Gasteiger partial charge in [0, 0.05) is 55.1 Å². The van der Waals surface area contributed by atoms with Gasteiger partial charge in [-0.3, -0.25) is 14.5 Å². The summed E-state index contributed by atoms with van der Waals surface area (Å²) in [6.07, 6.45) is 7.14. The predicted molar refractivity (Wildman–Crippen MR) is 165 cm³/mol. The zero-order valence-electron chi connectivity index (χ0n) is 24.1. The Bertz CT molecular complexity index is 1780. The quantitative estimate of drug-likeness (QED) is 0.277. The van der Waals surface area contributed by atoms with Gasteiger partial charge in [-0.1, -0.05) is 37.5 Å². The fourth-order valence-electron chi connectivity index (χ4n) is 5.89. The molecule has 2 heterocycles. The van der Waals surface area contributed by atoms with Gasteiger partial charge in [-0.25, -0.2) is 17.6 Å². The highest BCUT2D eigenvalue weighted by Crippen LogP contribution is 2.34. The first-order valence-corrected chi connectivity index (χ1v) is 16.3. The molecule has 1 N–H and O–H groups in total. The molecular weight excluding hydrogens is 583 g/mol. The van der Waals surface area contributed by atoms with E-state index in [2.05, 4.69) is 15.8 Å². The van der Waals surface area contributed by atoms with Crippen molar-refractivity contribution in [2.45, 2.75) is 42.9 Å². The van der Waals surface area contributed by atoms with Crippen molar-refractivity contribution in [3.63, 3.8) is 0 Å². The summed E-state index contributed by atoms with van der Waals surface area (Å²) in [6.45, 7) is 1.11. The molecule has 1 aliphatic carbocycles. The second-order valence-electron chi connectivity index (χ2n) is 11.2. The van der Waals surface area contributed by atoms with Crippen molar-refractivity contribution in [3.8, 4) is 5.75 Å². The number of nitrogens with zero attached hydrogens (tertiary/aromatic N) is 3. The summed E-state index contributed by atoms with van der Waals surface area (Å²) in [4.78, 5) is 33.3. The predicted octanol–water partition coefficient (Wildman–Crippen LogP) is 6.18. The number of anilines is 1. The van der Waals surface area contributed by atoms with E-state index >= 15 is 0 Å². The van der Waals surface area contributed by atoms with E-state index < -0.39 is 21.9 Å². The highest BCUT2D eigenvalue weighted by atomic mass is 32.2. The van der Waals surface area contributed by atoms with Crippen LogP contribution in [0.5, 0.6) is 5.75 Å². The number of carbonyl (C=O) groups excluding carboxylic acids is 2. The van der Waals surface area contributed by atoms with Crippen LogP contribution in [0.1, 0.15) is 53.9 Å². The highest BCUT2D eigenvalue weighted by molar-refractivity contribution is 7.93. The van der Waals surface area contributed by atoms with Crippen molar-refractivity contribution < 1.29 is 27.1 Å². The van der Waals surface area contributed by atoms with Crippen molar-refractivity contribution in [1.82, 2.24) is 14.8 Å². The van der Waals surface area contributed by atoms with Crippen LogP contribution in [0.2, 0.25) is 0 Å². The van der Waals surface area contributed by atoms with Crippen LogP contribution < -0.4 is 9.46 Å². The molecule has 0 radical (unpaired) electrons. The van der Waals surface area contributed by atoms with Gasteiger partial charge in [0.05, 0.1) is 5.52 Å². The molecule has 0 spiro atoms. The average molecular weight is 617 g/mol. The number of hydrogen-bond donors (Lipinski definition) is 1. The van der Waals surface area contributed by atoms with Crippen LogP contribution in [-0.2, 0) is 10.0 Å². The lowest BCUT2D eigenvalue weighted by Gasteiger charge is -2.34. The van der Waals surface area contributed by atoms with Crippen molar-refractivity contribution >= 4 is 38.6 Å². The Morgan fingerprint density at radius 1 is 0.864 bits per heavy atom. The third-order valence-electron chi connectivity index (χ3n) is 8.27. The van der Waals surface area contributed by atoms with Gasteiger partial charge >= 0.3 is 6.09 Å². The summed E-state index contributed by atoms with van der Waals surface area (Å²) in [5.74, 6) is -0.153. The second kappa shape index (κ2) is 12.6. The van der Waals surface area contributed by atoms with Gasteiger partial charge in [0.25, 0.3) is 15.9 Å². The molecule has 1 saturated carbocycles. The van der Waals surface area contributed by atoms with Gasteiger partial charge in [-0.05, 0) is 72.9 Å². The van der Waals surface area contributed by atoms with Gasteiger partial charge < -0.3 is 14.5 Å². The Morgan fingerprint density at radius 3 is 2.30 bits per heavy atom. The molecule has 1 aromatic heterocycles. The number of amides is 2. The van der Waals surface area contributed by atoms with Gasteiger partial charge in [0.1, 0.15) is 16.5 Å². The maximum Gasteiger partial charge on any atom is 0.415 e. The number of para-hydroxylation sites is 1. The molecule has 0 bridgehead atoms. The van der Waals surface area contributed by atoms with Crippen LogP contribution in [-0.4, -0.2) is 61.4 Å². The summed E-state index contributed by atoms with van der Waals surface area (Å²) in [5, 5.41) is 0.791. The minimum Gasteiger partial charge on any atom is -0.410 e. The van der Waals surface area contributed by atoms with Gasteiger partial charge in [0.15, 0.2) is 0 Å². The van der Waals surface area contributed by atoms with Crippen LogP contribution in [0.25, 0.3) is 10.9 Å². The number of hydrogen-bond acceptors (Lipinski definition) is 6. The van der Waals surface area contributed by atoms with Crippen molar-refractivity contribution in [3.05, 3.63) is 95.9 Å². The number of piperazine rings is 1. The largest absolute Gasteiger partial charge is 0.415 e. The minimum atomic E-state index is -3.95. The number of halogens is 1. The van der Waals surface area contributed by atoms with E-state index in [-0.39, 0.29) is 29.6 Å². The Hall–Kier alpha value is -4.51. The molecule has 0 unspecified atom stereocenters. The lowest BCUT2D eigenvalue weighted by Crippen LogP contribution is -2.51. The molecule has 2 amide bonds. The zero-order valence-corrected chi connectivity index (χ0v) is 24.9. The fraction of sp³-hybridized carbons (Fsp3) is 0.303. The van der Waals surface area contributed by atoms with Crippen molar-refractivity contribution in [2.24, 2.45) is 0 Å². The molecule has 4 aromatic rings. The molecule has 11 heteroatoms. The lowest BCUT2D eigenvalue weighted by molar-refractivity contribution is 0.0633. The van der Waals surface area contributed by atoms with Gasteiger partial charge in [-0.15, -0.1) is 0 Å². The number of rotatable bonds is 6. The van der Waals surface area contributed by atoms with Crippen molar-refractivity contribution in [1.29, 1.82) is 0 Å². The summed E-state index contributed by atoms with van der Waals surface area (Å²) in [7, 11) is -3.95. The number of benzene rings is 3. The Balaban J connectivity index is 1.08. The first kappa shape index (κ1) is 29.6. The number of aromatic nitrogens is 1. The third-order valence-corrected chi connectivity index (χ3v) is 9.68. The first-order chi connectivity index (χ1) is 21.3. The monoisotopic (exact) mass is 616 g/mol. The molecular formula is C33H33FN4O5S. The maximum absolute atomic E-state index is 13.4. The molecule has 228 valence electrons. The fourth-order valence-corrected chi connectivity index (χ4v) is 7.13. The van der Waals surface area contributed by atoms with E-state index in [1.54, 1.807) is 41.3 Å². The average Bonchev–Trinajstić information content (AvgIpc) is 3.04. The Morgan fingerprint density at radius 2 is 1.57 bits per heavy atom. The van der Waals surface area contributed by atoms with Crippen LogP contribution >= 0.6 is 0 Å². The van der Waals surface area contributed by atoms with Crippen molar-refractivity contribution in [2.75, 3.05) is 30.9 Å². The zero-order chi connectivity index (χ0) is 30.7. The normalized spacial score (nSPS) is 16.1. The number of nitrogens with one attached hydrogen (secondary N) is 1. The molecule has 0 atom stereocenters. The number of carbonyl (C=O) groups is 2.